The second-order valence-electron chi connectivity index (χ2n) is 5.90. The fourth-order valence-electron chi connectivity index (χ4n) is 2.96. The largest absolute Gasteiger partial charge is 0.395 e. The molecule has 1 aliphatic rings. The number of aliphatic hydroxyl groups is 2. The molecule has 9 nitrogen and oxygen atoms in total. The molecule has 130 valence electrons. The predicted molar refractivity (Wildman–Crippen MR) is 84.1 cm³/mol. The molecule has 0 amide bonds. The molecule has 0 saturated carbocycles. The zero-order valence-corrected chi connectivity index (χ0v) is 13.2. The molecule has 2 rings (SSSR count). The Morgan fingerprint density at radius 2 is 2.35 bits per heavy atom. The van der Waals surface area contributed by atoms with Crippen molar-refractivity contribution >= 4 is 5.69 Å². The van der Waals surface area contributed by atoms with E-state index in [2.05, 4.69) is 15.3 Å². The minimum absolute atomic E-state index is 0.0768. The molecule has 1 aromatic heterocycles. The summed E-state index contributed by atoms with van der Waals surface area (Å²) in [5.74, 6) is 0. The summed E-state index contributed by atoms with van der Waals surface area (Å²) >= 11 is 0. The Morgan fingerprint density at radius 1 is 1.52 bits per heavy atom. The van der Waals surface area contributed by atoms with E-state index < -0.39 is 11.0 Å². The summed E-state index contributed by atoms with van der Waals surface area (Å²) < 4.78 is 1.38. The molecule has 0 aromatic carbocycles. The average molecular weight is 327 g/mol. The molecule has 2 heterocycles. The van der Waals surface area contributed by atoms with E-state index >= 15 is 0 Å². The van der Waals surface area contributed by atoms with Crippen molar-refractivity contribution in [2.24, 2.45) is 0 Å². The Kier molecular flexibility index (Phi) is 6.90. The van der Waals surface area contributed by atoms with Gasteiger partial charge in [0.05, 0.1) is 24.2 Å². The summed E-state index contributed by atoms with van der Waals surface area (Å²) in [5.41, 5.74) is -0.0768. The van der Waals surface area contributed by atoms with Crippen molar-refractivity contribution in [3.8, 4) is 0 Å². The number of hydrogen-bond donors (Lipinski definition) is 3. The molecule has 1 aromatic rings. The van der Waals surface area contributed by atoms with Crippen molar-refractivity contribution in [3.63, 3.8) is 0 Å². The second-order valence-corrected chi connectivity index (χ2v) is 5.90. The highest BCUT2D eigenvalue weighted by atomic mass is 16.6. The third-order valence-electron chi connectivity index (χ3n) is 4.12. The van der Waals surface area contributed by atoms with Crippen LogP contribution in [0, 0.1) is 10.1 Å². The van der Waals surface area contributed by atoms with E-state index in [1.165, 1.54) is 23.5 Å². The Bertz CT molecular complexity index is 493. The van der Waals surface area contributed by atoms with Crippen molar-refractivity contribution in [2.45, 2.75) is 38.0 Å². The Labute approximate surface area is 135 Å². The van der Waals surface area contributed by atoms with E-state index in [1.807, 2.05) is 0 Å². The Morgan fingerprint density at radius 3 is 3.04 bits per heavy atom. The molecule has 0 bridgehead atoms. The third-order valence-corrected chi connectivity index (χ3v) is 4.12. The maximum atomic E-state index is 10.6. The number of β-amino-alcohol motifs (C(OH)–C–C–N with tert-alkyl or cyclic N) is 1. The number of nitrogens with zero attached hydrogens (tertiary/aromatic N) is 4. The molecule has 0 aliphatic carbocycles. The highest BCUT2D eigenvalue weighted by molar-refractivity contribution is 5.20. The number of rotatable bonds is 9. The lowest BCUT2D eigenvalue weighted by molar-refractivity contribution is -0.385. The fraction of sp³-hybridized carbons (Fsp3) is 0.786. The van der Waals surface area contributed by atoms with Gasteiger partial charge in [0, 0.05) is 25.7 Å². The molecular weight excluding hydrogens is 302 g/mol. The van der Waals surface area contributed by atoms with Gasteiger partial charge >= 0.3 is 5.69 Å². The number of nitrogens with one attached hydrogen (secondary N) is 1. The van der Waals surface area contributed by atoms with Crippen LogP contribution in [-0.4, -0.2) is 74.7 Å². The normalized spacial score (nSPS) is 20.5. The van der Waals surface area contributed by atoms with E-state index in [4.69, 9.17) is 5.11 Å². The quantitative estimate of drug-likeness (QED) is 0.417. The van der Waals surface area contributed by atoms with Crippen molar-refractivity contribution in [3.05, 3.63) is 22.5 Å². The maximum absolute atomic E-state index is 10.6. The van der Waals surface area contributed by atoms with Crippen molar-refractivity contribution in [1.82, 2.24) is 20.0 Å². The number of aliphatic hydroxyl groups excluding tert-OH is 2. The lowest BCUT2D eigenvalue weighted by Crippen LogP contribution is -2.47. The number of aromatic nitrogens is 2. The second kappa shape index (κ2) is 8.92. The first-order chi connectivity index (χ1) is 11.1. The number of hydrogen-bond acceptors (Lipinski definition) is 7. The standard InChI is InChI=1S/C14H25N5O4/c20-6-5-17-4-2-1-3-12(17)7-15-9-14(21)11-18-10-13(8-16-18)19(22)23/h8,10,12,14-15,20-21H,1-7,9,11H2. The van der Waals surface area contributed by atoms with Crippen LogP contribution in [0.1, 0.15) is 19.3 Å². The van der Waals surface area contributed by atoms with Gasteiger partial charge in [0.2, 0.25) is 0 Å². The van der Waals surface area contributed by atoms with Gasteiger partial charge in [-0.15, -0.1) is 0 Å². The predicted octanol–water partition coefficient (Wildman–Crippen LogP) is -0.411. The molecule has 0 radical (unpaired) electrons. The maximum Gasteiger partial charge on any atom is 0.306 e. The summed E-state index contributed by atoms with van der Waals surface area (Å²) in [5, 5.41) is 36.8. The van der Waals surface area contributed by atoms with Crippen LogP contribution in [-0.2, 0) is 6.54 Å². The van der Waals surface area contributed by atoms with Crippen LogP contribution in [0.25, 0.3) is 0 Å². The van der Waals surface area contributed by atoms with Gasteiger partial charge in [0.25, 0.3) is 0 Å². The molecular formula is C14H25N5O4. The monoisotopic (exact) mass is 327 g/mol. The van der Waals surface area contributed by atoms with Gasteiger partial charge in [-0.1, -0.05) is 6.42 Å². The smallest absolute Gasteiger partial charge is 0.306 e. The Balaban J connectivity index is 1.71. The van der Waals surface area contributed by atoms with Crippen molar-refractivity contribution in [2.75, 3.05) is 32.8 Å². The lowest BCUT2D eigenvalue weighted by atomic mass is 10.0. The summed E-state index contributed by atoms with van der Waals surface area (Å²) in [6, 6.07) is 0.383. The van der Waals surface area contributed by atoms with E-state index in [-0.39, 0.29) is 18.8 Å². The van der Waals surface area contributed by atoms with Gasteiger partial charge < -0.3 is 15.5 Å². The van der Waals surface area contributed by atoms with Gasteiger partial charge in [-0.2, -0.15) is 5.10 Å². The highest BCUT2D eigenvalue weighted by Gasteiger charge is 2.21. The van der Waals surface area contributed by atoms with Crippen LogP contribution in [0.3, 0.4) is 0 Å². The van der Waals surface area contributed by atoms with Crippen molar-refractivity contribution in [1.29, 1.82) is 0 Å². The average Bonchev–Trinajstić information content (AvgIpc) is 2.98. The molecule has 23 heavy (non-hydrogen) atoms. The van der Waals surface area contributed by atoms with E-state index in [0.717, 1.165) is 25.9 Å². The van der Waals surface area contributed by atoms with Crippen LogP contribution in [0.4, 0.5) is 5.69 Å². The van der Waals surface area contributed by atoms with Gasteiger partial charge in [-0.05, 0) is 19.4 Å². The van der Waals surface area contributed by atoms with Gasteiger partial charge in [-0.3, -0.25) is 19.7 Å². The van der Waals surface area contributed by atoms with Crippen LogP contribution >= 0.6 is 0 Å². The van der Waals surface area contributed by atoms with Gasteiger partial charge in [0.1, 0.15) is 12.4 Å². The first-order valence-corrected chi connectivity index (χ1v) is 8.00. The van der Waals surface area contributed by atoms with E-state index in [9.17, 15) is 15.2 Å². The zero-order valence-electron chi connectivity index (χ0n) is 13.2. The fourth-order valence-corrected chi connectivity index (χ4v) is 2.96. The van der Waals surface area contributed by atoms with Crippen LogP contribution in [0.15, 0.2) is 12.4 Å². The first kappa shape index (κ1) is 17.8. The molecule has 2 unspecified atom stereocenters. The molecule has 1 fully saturated rings. The van der Waals surface area contributed by atoms with E-state index in [0.29, 0.717) is 19.1 Å². The summed E-state index contributed by atoms with van der Waals surface area (Å²) in [6.07, 6.45) is 5.27. The molecule has 0 spiro atoms. The lowest BCUT2D eigenvalue weighted by Gasteiger charge is -2.35. The topological polar surface area (TPSA) is 117 Å². The molecule has 9 heteroatoms. The Hall–Kier alpha value is -1.55. The minimum Gasteiger partial charge on any atom is -0.395 e. The number of piperidine rings is 1. The van der Waals surface area contributed by atoms with Crippen LogP contribution in [0.5, 0.6) is 0 Å². The molecule has 1 saturated heterocycles. The van der Waals surface area contributed by atoms with E-state index in [1.54, 1.807) is 0 Å². The van der Waals surface area contributed by atoms with Crippen LogP contribution in [0.2, 0.25) is 0 Å². The van der Waals surface area contributed by atoms with Crippen LogP contribution < -0.4 is 5.32 Å². The van der Waals surface area contributed by atoms with Gasteiger partial charge in [0.15, 0.2) is 0 Å². The van der Waals surface area contributed by atoms with Crippen molar-refractivity contribution < 1.29 is 15.1 Å². The highest BCUT2D eigenvalue weighted by Crippen LogP contribution is 2.15. The number of likely N-dealkylation sites (tertiary alicyclic amines) is 1. The SMILES string of the molecule is O=[N+]([O-])c1cnn(CC(O)CNCC2CCCCN2CCO)c1. The first-order valence-electron chi connectivity index (χ1n) is 8.00. The molecule has 1 aliphatic heterocycles. The zero-order chi connectivity index (χ0) is 16.7. The number of nitro groups is 1. The summed E-state index contributed by atoms with van der Waals surface area (Å²) in [7, 11) is 0. The summed E-state index contributed by atoms with van der Waals surface area (Å²) in [4.78, 5) is 12.4. The third kappa shape index (κ3) is 5.54. The molecule has 2 atom stereocenters. The molecule has 3 N–H and O–H groups in total. The minimum atomic E-state index is -0.663. The van der Waals surface area contributed by atoms with Gasteiger partial charge in [-0.25, -0.2) is 0 Å². The summed E-state index contributed by atoms with van der Waals surface area (Å²) in [6.45, 7) is 3.23.